The second-order valence-electron chi connectivity index (χ2n) is 5.94. The lowest BCUT2D eigenvalue weighted by Gasteiger charge is -2.23. The summed E-state index contributed by atoms with van der Waals surface area (Å²) in [5, 5.41) is 1.69. The summed E-state index contributed by atoms with van der Waals surface area (Å²) in [6, 6.07) is 5.90. The van der Waals surface area contributed by atoms with Gasteiger partial charge in [0.1, 0.15) is 11.3 Å². The van der Waals surface area contributed by atoms with E-state index in [1.165, 1.54) is 0 Å². The lowest BCUT2D eigenvalue weighted by Crippen LogP contribution is -2.26. The molecule has 0 atom stereocenters. The Labute approximate surface area is 125 Å². The number of hydrogen-bond donors (Lipinski definition) is 1. The quantitative estimate of drug-likeness (QED) is 0.934. The number of pyridine rings is 1. The van der Waals surface area contributed by atoms with Gasteiger partial charge in [0.25, 0.3) is 0 Å². The van der Waals surface area contributed by atoms with E-state index in [2.05, 4.69) is 24.9 Å². The first-order chi connectivity index (χ1) is 9.38. The lowest BCUT2D eigenvalue weighted by molar-refractivity contribution is 0.377. The molecule has 0 saturated carbocycles. The maximum Gasteiger partial charge on any atom is 0.145 e. The average Bonchev–Trinajstić information content (AvgIpc) is 2.38. The third-order valence-corrected chi connectivity index (χ3v) is 3.83. The predicted octanol–water partition coefficient (Wildman–Crippen LogP) is 3.73. The van der Waals surface area contributed by atoms with E-state index >= 15 is 0 Å². The topological polar surface area (TPSA) is 48.1 Å². The van der Waals surface area contributed by atoms with Gasteiger partial charge in [-0.05, 0) is 43.0 Å². The van der Waals surface area contributed by atoms with Crippen LogP contribution in [0.15, 0.2) is 18.2 Å². The van der Waals surface area contributed by atoms with Crippen molar-refractivity contribution in [1.82, 2.24) is 4.98 Å². The van der Waals surface area contributed by atoms with Crippen LogP contribution in [0.1, 0.15) is 25.1 Å². The Bertz CT molecular complexity index is 638. The Morgan fingerprint density at radius 1 is 1.35 bits per heavy atom. The monoisotopic (exact) mass is 292 g/mol. The van der Waals surface area contributed by atoms with Crippen molar-refractivity contribution in [3.05, 3.63) is 34.5 Å². The van der Waals surface area contributed by atoms with E-state index in [0.29, 0.717) is 11.6 Å². The Balaban J connectivity index is 2.68. The number of nitrogens with two attached hydrogens (primary N) is 1. The molecule has 0 radical (unpaired) electrons. The van der Waals surface area contributed by atoms with Crippen LogP contribution in [0.4, 0.5) is 0 Å². The first-order valence-corrected chi connectivity index (χ1v) is 7.08. The van der Waals surface area contributed by atoms with Crippen molar-refractivity contribution in [2.75, 3.05) is 13.7 Å². The summed E-state index contributed by atoms with van der Waals surface area (Å²) in [4.78, 5) is 4.58. The van der Waals surface area contributed by atoms with Crippen LogP contribution >= 0.6 is 11.6 Å². The van der Waals surface area contributed by atoms with Crippen LogP contribution in [0.25, 0.3) is 10.9 Å². The molecule has 3 nitrogen and oxygen atoms in total. The van der Waals surface area contributed by atoms with E-state index in [1.54, 1.807) is 7.11 Å². The molecule has 108 valence electrons. The first kappa shape index (κ1) is 15.1. The molecular formula is C16H21ClN2O. The third kappa shape index (κ3) is 2.89. The third-order valence-electron chi connectivity index (χ3n) is 3.53. The predicted molar refractivity (Wildman–Crippen MR) is 84.6 cm³/mol. The van der Waals surface area contributed by atoms with Crippen LogP contribution < -0.4 is 10.5 Å². The summed E-state index contributed by atoms with van der Waals surface area (Å²) in [5.74, 6) is 0.750. The number of hydrogen-bond acceptors (Lipinski definition) is 3. The zero-order valence-electron chi connectivity index (χ0n) is 12.5. The maximum absolute atomic E-state index is 6.44. The largest absolute Gasteiger partial charge is 0.494 e. The summed E-state index contributed by atoms with van der Waals surface area (Å²) in [5.41, 5.74) is 8.73. The van der Waals surface area contributed by atoms with E-state index in [1.807, 2.05) is 19.1 Å². The van der Waals surface area contributed by atoms with Crippen molar-refractivity contribution in [3.63, 3.8) is 0 Å². The minimum atomic E-state index is 0.0235. The number of aryl methyl sites for hydroxylation is 1. The van der Waals surface area contributed by atoms with Crippen LogP contribution in [0, 0.1) is 12.3 Å². The Morgan fingerprint density at radius 3 is 2.65 bits per heavy atom. The molecule has 0 saturated heterocycles. The number of aromatic nitrogens is 1. The molecule has 1 aromatic heterocycles. The molecule has 0 bridgehead atoms. The van der Waals surface area contributed by atoms with Gasteiger partial charge >= 0.3 is 0 Å². The van der Waals surface area contributed by atoms with E-state index < -0.39 is 0 Å². The van der Waals surface area contributed by atoms with Gasteiger partial charge < -0.3 is 10.5 Å². The molecule has 0 aliphatic heterocycles. The minimum Gasteiger partial charge on any atom is -0.494 e. The molecule has 0 aliphatic carbocycles. The SMILES string of the molecule is COc1ccc(CC(C)(C)CN)c2c(Cl)cc(C)nc12. The summed E-state index contributed by atoms with van der Waals surface area (Å²) in [6.07, 6.45) is 0.856. The minimum absolute atomic E-state index is 0.0235. The molecule has 0 amide bonds. The van der Waals surface area contributed by atoms with Crippen molar-refractivity contribution >= 4 is 22.5 Å². The van der Waals surface area contributed by atoms with Crippen molar-refractivity contribution in [2.45, 2.75) is 27.2 Å². The van der Waals surface area contributed by atoms with E-state index in [0.717, 1.165) is 34.3 Å². The molecule has 2 aromatic rings. The van der Waals surface area contributed by atoms with Gasteiger partial charge in [-0.15, -0.1) is 0 Å². The summed E-state index contributed by atoms with van der Waals surface area (Å²) < 4.78 is 5.40. The Hall–Kier alpha value is -1.32. The average molecular weight is 293 g/mol. The summed E-state index contributed by atoms with van der Waals surface area (Å²) >= 11 is 6.44. The highest BCUT2D eigenvalue weighted by Crippen LogP contribution is 2.35. The molecule has 1 heterocycles. The number of nitrogens with zero attached hydrogens (tertiary/aromatic N) is 1. The van der Waals surface area contributed by atoms with E-state index in [9.17, 15) is 0 Å². The number of benzene rings is 1. The number of halogens is 1. The number of ether oxygens (including phenoxy) is 1. The van der Waals surface area contributed by atoms with Crippen LogP contribution in [0.3, 0.4) is 0 Å². The fourth-order valence-electron chi connectivity index (χ4n) is 2.36. The molecule has 20 heavy (non-hydrogen) atoms. The zero-order valence-corrected chi connectivity index (χ0v) is 13.2. The first-order valence-electron chi connectivity index (χ1n) is 6.71. The molecule has 1 aromatic carbocycles. The highest BCUT2D eigenvalue weighted by Gasteiger charge is 2.20. The van der Waals surface area contributed by atoms with Crippen LogP contribution in [-0.4, -0.2) is 18.6 Å². The summed E-state index contributed by atoms with van der Waals surface area (Å²) in [7, 11) is 1.65. The van der Waals surface area contributed by atoms with Gasteiger partial charge in [-0.1, -0.05) is 31.5 Å². The van der Waals surface area contributed by atoms with Crippen LogP contribution in [0.5, 0.6) is 5.75 Å². The van der Waals surface area contributed by atoms with Crippen LogP contribution in [0.2, 0.25) is 5.02 Å². The van der Waals surface area contributed by atoms with Crippen molar-refractivity contribution < 1.29 is 4.74 Å². The number of fused-ring (bicyclic) bond motifs is 1. The molecule has 4 heteroatoms. The van der Waals surface area contributed by atoms with Crippen molar-refractivity contribution in [3.8, 4) is 5.75 Å². The highest BCUT2D eigenvalue weighted by molar-refractivity contribution is 6.35. The zero-order chi connectivity index (χ0) is 14.9. The molecule has 2 rings (SSSR count). The number of rotatable bonds is 4. The molecule has 0 aliphatic rings. The second kappa shape index (κ2) is 5.58. The van der Waals surface area contributed by atoms with Gasteiger partial charge in [0, 0.05) is 11.1 Å². The molecule has 0 unspecified atom stereocenters. The van der Waals surface area contributed by atoms with Gasteiger partial charge in [-0.2, -0.15) is 0 Å². The molecule has 0 spiro atoms. The van der Waals surface area contributed by atoms with Gasteiger partial charge in [0.15, 0.2) is 0 Å². The highest BCUT2D eigenvalue weighted by atomic mass is 35.5. The van der Waals surface area contributed by atoms with E-state index in [4.69, 9.17) is 22.1 Å². The maximum atomic E-state index is 6.44. The smallest absolute Gasteiger partial charge is 0.145 e. The lowest BCUT2D eigenvalue weighted by atomic mass is 9.84. The molecule has 2 N–H and O–H groups in total. The van der Waals surface area contributed by atoms with Gasteiger partial charge in [0.05, 0.1) is 12.1 Å². The fraction of sp³-hybridized carbons (Fsp3) is 0.438. The van der Waals surface area contributed by atoms with Gasteiger partial charge in [0.2, 0.25) is 0 Å². The van der Waals surface area contributed by atoms with Gasteiger partial charge in [-0.3, -0.25) is 0 Å². The Kier molecular flexibility index (Phi) is 4.21. The van der Waals surface area contributed by atoms with Crippen molar-refractivity contribution in [2.24, 2.45) is 11.1 Å². The molecule has 0 fully saturated rings. The number of methoxy groups -OCH3 is 1. The molecular weight excluding hydrogens is 272 g/mol. The van der Waals surface area contributed by atoms with Gasteiger partial charge in [-0.25, -0.2) is 4.98 Å². The Morgan fingerprint density at radius 2 is 2.05 bits per heavy atom. The fourth-order valence-corrected chi connectivity index (χ4v) is 2.72. The second-order valence-corrected chi connectivity index (χ2v) is 6.35. The normalized spacial score (nSPS) is 11.9. The standard InChI is InChI=1S/C16H21ClN2O/c1-10-7-12(17)14-11(8-16(2,3)9-18)5-6-13(20-4)15(14)19-10/h5-7H,8-9,18H2,1-4H3. The van der Waals surface area contributed by atoms with Crippen molar-refractivity contribution in [1.29, 1.82) is 0 Å². The van der Waals surface area contributed by atoms with Crippen LogP contribution in [-0.2, 0) is 6.42 Å². The van der Waals surface area contributed by atoms with E-state index in [-0.39, 0.29) is 5.41 Å². The summed E-state index contributed by atoms with van der Waals surface area (Å²) in [6.45, 7) is 6.86.